The highest BCUT2D eigenvalue weighted by Crippen LogP contribution is 2.28. The summed E-state index contributed by atoms with van der Waals surface area (Å²) in [6.45, 7) is 2.04. The molecule has 3 rings (SSSR count). The number of esters is 1. The third kappa shape index (κ3) is 4.97. The maximum absolute atomic E-state index is 12.7. The molecule has 2 aromatic heterocycles. The first kappa shape index (κ1) is 19.6. The van der Waals surface area contributed by atoms with E-state index in [0.717, 1.165) is 23.2 Å². The number of nitrogens with zero attached hydrogens (tertiary/aromatic N) is 2. The highest BCUT2D eigenvalue weighted by atomic mass is 19.4. The van der Waals surface area contributed by atoms with Crippen LogP contribution >= 0.6 is 0 Å². The second-order valence-electron chi connectivity index (χ2n) is 6.02. The average Bonchev–Trinajstić information content (AvgIpc) is 2.66. The van der Waals surface area contributed by atoms with Gasteiger partial charge in [-0.05, 0) is 48.4 Å². The zero-order valence-corrected chi connectivity index (χ0v) is 15.0. The molecule has 2 heterocycles. The second-order valence-corrected chi connectivity index (χ2v) is 6.02. The van der Waals surface area contributed by atoms with Gasteiger partial charge in [0.2, 0.25) is 0 Å². The fourth-order valence-corrected chi connectivity index (χ4v) is 2.60. The van der Waals surface area contributed by atoms with Crippen molar-refractivity contribution in [1.82, 2.24) is 9.97 Å². The first-order chi connectivity index (χ1) is 13.3. The van der Waals surface area contributed by atoms with Crippen LogP contribution in [0.4, 0.5) is 13.2 Å². The van der Waals surface area contributed by atoms with E-state index in [2.05, 4.69) is 9.97 Å². The lowest BCUT2D eigenvalue weighted by Gasteiger charge is -2.10. The van der Waals surface area contributed by atoms with Gasteiger partial charge in [0, 0.05) is 23.8 Å². The van der Waals surface area contributed by atoms with E-state index < -0.39 is 11.9 Å². The number of benzene rings is 1. The van der Waals surface area contributed by atoms with E-state index in [-0.39, 0.29) is 19.0 Å². The molecule has 8 heteroatoms. The molecule has 0 atom stereocenters. The third-order valence-electron chi connectivity index (χ3n) is 3.89. The number of rotatable bonds is 6. The molecule has 0 unspecified atom stereocenters. The molecule has 3 aromatic rings. The van der Waals surface area contributed by atoms with Crippen LogP contribution in [0.15, 0.2) is 48.8 Å². The number of halogens is 3. The van der Waals surface area contributed by atoms with Crippen molar-refractivity contribution < 1.29 is 27.4 Å². The molecule has 0 saturated heterocycles. The molecule has 0 amide bonds. The van der Waals surface area contributed by atoms with Crippen molar-refractivity contribution in [3.05, 3.63) is 65.6 Å². The van der Waals surface area contributed by atoms with E-state index in [1.54, 1.807) is 31.3 Å². The monoisotopic (exact) mass is 390 g/mol. The average molecular weight is 390 g/mol. The van der Waals surface area contributed by atoms with Crippen LogP contribution in [0, 0.1) is 0 Å². The van der Waals surface area contributed by atoms with Crippen molar-refractivity contribution in [3.63, 3.8) is 0 Å². The summed E-state index contributed by atoms with van der Waals surface area (Å²) in [5.41, 5.74) is 0.787. The van der Waals surface area contributed by atoms with E-state index in [9.17, 15) is 18.0 Å². The van der Waals surface area contributed by atoms with E-state index >= 15 is 0 Å². The van der Waals surface area contributed by atoms with Gasteiger partial charge in [-0.25, -0.2) is 0 Å². The zero-order valence-electron chi connectivity index (χ0n) is 15.0. The van der Waals surface area contributed by atoms with Gasteiger partial charge in [-0.3, -0.25) is 14.8 Å². The van der Waals surface area contributed by atoms with Crippen molar-refractivity contribution in [2.75, 3.05) is 6.61 Å². The summed E-state index contributed by atoms with van der Waals surface area (Å²) in [4.78, 5) is 19.2. The van der Waals surface area contributed by atoms with Gasteiger partial charge in [0.05, 0.1) is 18.5 Å². The van der Waals surface area contributed by atoms with Crippen LogP contribution in [0.2, 0.25) is 0 Å². The quantitative estimate of drug-likeness (QED) is 0.586. The minimum absolute atomic E-state index is 0.0297. The SMILES string of the molecule is CCOC(=O)Cc1cnc2cc(OCc3ccnc(C(F)(F)F)c3)ccc2c1. The number of carbonyl (C=O) groups is 1. The Bertz CT molecular complexity index is 990. The number of hydrogen-bond acceptors (Lipinski definition) is 5. The van der Waals surface area contributed by atoms with E-state index in [1.807, 2.05) is 6.07 Å². The predicted octanol–water partition coefficient (Wildman–Crippen LogP) is 4.33. The highest BCUT2D eigenvalue weighted by Gasteiger charge is 2.32. The Kier molecular flexibility index (Phi) is 5.77. The minimum Gasteiger partial charge on any atom is -0.489 e. The summed E-state index contributed by atoms with van der Waals surface area (Å²) >= 11 is 0. The van der Waals surface area contributed by atoms with Crippen LogP contribution in [0.1, 0.15) is 23.7 Å². The maximum atomic E-state index is 12.7. The lowest BCUT2D eigenvalue weighted by Crippen LogP contribution is -2.09. The zero-order chi connectivity index (χ0) is 20.1. The topological polar surface area (TPSA) is 61.3 Å². The molecule has 28 heavy (non-hydrogen) atoms. The Morgan fingerprint density at radius 1 is 1.07 bits per heavy atom. The summed E-state index contributed by atoms with van der Waals surface area (Å²) in [5, 5.41) is 0.817. The molecule has 146 valence electrons. The van der Waals surface area contributed by atoms with Crippen molar-refractivity contribution >= 4 is 16.9 Å². The number of alkyl halides is 3. The van der Waals surface area contributed by atoms with Crippen LogP contribution in [0.3, 0.4) is 0 Å². The number of pyridine rings is 2. The minimum atomic E-state index is -4.50. The van der Waals surface area contributed by atoms with Crippen LogP contribution in [-0.2, 0) is 28.7 Å². The van der Waals surface area contributed by atoms with Crippen molar-refractivity contribution in [3.8, 4) is 5.75 Å². The number of hydrogen-bond donors (Lipinski definition) is 0. The normalized spacial score (nSPS) is 11.4. The molecule has 0 spiro atoms. The van der Waals surface area contributed by atoms with Crippen molar-refractivity contribution in [1.29, 1.82) is 0 Å². The molecule has 0 bridgehead atoms. The van der Waals surface area contributed by atoms with Gasteiger partial charge >= 0.3 is 12.1 Å². The maximum Gasteiger partial charge on any atom is 0.433 e. The molecule has 0 N–H and O–H groups in total. The number of aromatic nitrogens is 2. The van der Waals surface area contributed by atoms with Crippen LogP contribution in [0.5, 0.6) is 5.75 Å². The Morgan fingerprint density at radius 3 is 2.64 bits per heavy atom. The second kappa shape index (κ2) is 8.24. The lowest BCUT2D eigenvalue weighted by molar-refractivity contribution is -0.142. The van der Waals surface area contributed by atoms with E-state index in [0.29, 0.717) is 23.4 Å². The molecule has 0 aliphatic carbocycles. The van der Waals surface area contributed by atoms with E-state index in [4.69, 9.17) is 9.47 Å². The fraction of sp³-hybridized carbons (Fsp3) is 0.250. The van der Waals surface area contributed by atoms with Gasteiger partial charge in [0.1, 0.15) is 18.1 Å². The molecule has 0 fully saturated rings. The van der Waals surface area contributed by atoms with E-state index in [1.165, 1.54) is 6.07 Å². The van der Waals surface area contributed by atoms with Crippen molar-refractivity contribution in [2.24, 2.45) is 0 Å². The Balaban J connectivity index is 1.70. The highest BCUT2D eigenvalue weighted by molar-refractivity contribution is 5.82. The Hall–Kier alpha value is -3.16. The molecular weight excluding hydrogens is 373 g/mol. The van der Waals surface area contributed by atoms with Crippen LogP contribution in [-0.4, -0.2) is 22.5 Å². The van der Waals surface area contributed by atoms with Gasteiger partial charge in [-0.15, -0.1) is 0 Å². The number of carbonyl (C=O) groups excluding carboxylic acids is 1. The van der Waals surface area contributed by atoms with Crippen LogP contribution in [0.25, 0.3) is 10.9 Å². The smallest absolute Gasteiger partial charge is 0.433 e. The molecule has 5 nitrogen and oxygen atoms in total. The Morgan fingerprint density at radius 2 is 1.89 bits per heavy atom. The van der Waals surface area contributed by atoms with Crippen molar-refractivity contribution in [2.45, 2.75) is 26.1 Å². The largest absolute Gasteiger partial charge is 0.489 e. The molecule has 0 aliphatic heterocycles. The third-order valence-corrected chi connectivity index (χ3v) is 3.89. The molecule has 0 aliphatic rings. The van der Waals surface area contributed by atoms with Gasteiger partial charge in [-0.1, -0.05) is 0 Å². The van der Waals surface area contributed by atoms with Crippen LogP contribution < -0.4 is 4.74 Å². The molecular formula is C20H17F3N2O3. The fourth-order valence-electron chi connectivity index (χ4n) is 2.60. The summed E-state index contributed by atoms with van der Waals surface area (Å²) in [7, 11) is 0. The summed E-state index contributed by atoms with van der Waals surface area (Å²) < 4.78 is 48.7. The lowest BCUT2D eigenvalue weighted by atomic mass is 10.1. The number of fused-ring (bicyclic) bond motifs is 1. The first-order valence-electron chi connectivity index (χ1n) is 8.54. The Labute approximate surface area is 159 Å². The molecule has 1 aromatic carbocycles. The first-order valence-corrected chi connectivity index (χ1v) is 8.54. The summed E-state index contributed by atoms with van der Waals surface area (Å²) in [5.74, 6) is 0.155. The van der Waals surface area contributed by atoms with Gasteiger partial charge < -0.3 is 9.47 Å². The summed E-state index contributed by atoms with van der Waals surface area (Å²) in [6.07, 6.45) is -1.67. The molecule has 0 radical (unpaired) electrons. The predicted molar refractivity (Wildman–Crippen MR) is 95.7 cm³/mol. The van der Waals surface area contributed by atoms with Gasteiger partial charge in [0.15, 0.2) is 0 Å². The molecule has 0 saturated carbocycles. The van der Waals surface area contributed by atoms with Gasteiger partial charge in [-0.2, -0.15) is 13.2 Å². The standard InChI is InChI=1S/C20H17F3N2O3/c1-2-27-19(26)9-14-7-15-3-4-16(10-17(15)25-11-14)28-12-13-5-6-24-18(8-13)20(21,22)23/h3-8,10-11H,2,9,12H2,1H3. The number of ether oxygens (including phenoxy) is 2. The summed E-state index contributed by atoms with van der Waals surface area (Å²) in [6, 6.07) is 9.43. The van der Waals surface area contributed by atoms with Gasteiger partial charge in [0.25, 0.3) is 0 Å².